The molecule has 0 aromatic carbocycles. The number of pyridine rings is 1. The quantitative estimate of drug-likeness (QED) is 0.815. The third-order valence-corrected chi connectivity index (χ3v) is 2.37. The van der Waals surface area contributed by atoms with Crippen LogP contribution in [0.15, 0.2) is 18.5 Å². The number of likely N-dealkylation sites (N-methyl/N-ethyl adjacent to an activating group) is 1. The van der Waals surface area contributed by atoms with Gasteiger partial charge in [-0.25, -0.2) is 4.98 Å². The number of rotatable bonds is 3. The van der Waals surface area contributed by atoms with Crippen LogP contribution in [0.2, 0.25) is 0 Å². The fourth-order valence-electron chi connectivity index (χ4n) is 1.65. The minimum absolute atomic E-state index is 0.0788. The molecule has 0 aliphatic heterocycles. The number of aromatic nitrogens is 3. The van der Waals surface area contributed by atoms with Gasteiger partial charge in [0.2, 0.25) is 5.95 Å². The first-order valence-corrected chi connectivity index (χ1v) is 4.79. The van der Waals surface area contributed by atoms with E-state index < -0.39 is 5.97 Å². The molecular formula is C10H12N4O2. The molecule has 0 saturated carbocycles. The third kappa shape index (κ3) is 1.69. The van der Waals surface area contributed by atoms with Gasteiger partial charge in [-0.1, -0.05) is 0 Å². The van der Waals surface area contributed by atoms with Crippen LogP contribution in [0.1, 0.15) is 0 Å². The average Bonchev–Trinajstić information content (AvgIpc) is 2.56. The van der Waals surface area contributed by atoms with Crippen molar-refractivity contribution < 1.29 is 9.90 Å². The van der Waals surface area contributed by atoms with Crippen LogP contribution in [0, 0.1) is 0 Å². The standard InChI is InChI=1S/C10H12N4O2/c1-13(6-9(15)16)10-12-7-5-11-4-3-8(7)14(10)2/h3-5H,6H2,1-2H3,(H,15,16). The third-order valence-electron chi connectivity index (χ3n) is 2.37. The molecule has 0 spiro atoms. The molecule has 16 heavy (non-hydrogen) atoms. The molecule has 6 nitrogen and oxygen atoms in total. The molecule has 0 aliphatic carbocycles. The second-order valence-corrected chi connectivity index (χ2v) is 3.59. The summed E-state index contributed by atoms with van der Waals surface area (Å²) >= 11 is 0. The largest absolute Gasteiger partial charge is 0.480 e. The monoisotopic (exact) mass is 220 g/mol. The Hall–Kier alpha value is -2.11. The van der Waals surface area contributed by atoms with Crippen LogP contribution in [0.4, 0.5) is 5.95 Å². The van der Waals surface area contributed by atoms with Crippen molar-refractivity contribution >= 4 is 23.0 Å². The summed E-state index contributed by atoms with van der Waals surface area (Å²) in [5, 5.41) is 8.72. The zero-order valence-electron chi connectivity index (χ0n) is 9.08. The lowest BCUT2D eigenvalue weighted by molar-refractivity contribution is -0.135. The van der Waals surface area contributed by atoms with Crippen LogP contribution in [0.3, 0.4) is 0 Å². The van der Waals surface area contributed by atoms with Crippen LogP contribution in [-0.2, 0) is 11.8 Å². The summed E-state index contributed by atoms with van der Waals surface area (Å²) in [5.74, 6) is -0.266. The fourth-order valence-corrected chi connectivity index (χ4v) is 1.65. The van der Waals surface area contributed by atoms with Crippen molar-refractivity contribution in [2.45, 2.75) is 0 Å². The van der Waals surface area contributed by atoms with E-state index in [2.05, 4.69) is 9.97 Å². The minimum atomic E-state index is -0.882. The molecule has 0 saturated heterocycles. The van der Waals surface area contributed by atoms with Crippen LogP contribution < -0.4 is 4.90 Å². The Kier molecular flexibility index (Phi) is 2.47. The fraction of sp³-hybridized carbons (Fsp3) is 0.300. The molecular weight excluding hydrogens is 208 g/mol. The Labute approximate surface area is 92.1 Å². The Morgan fingerprint density at radius 1 is 1.62 bits per heavy atom. The first-order chi connectivity index (χ1) is 7.59. The number of carboxylic acid groups (broad SMARTS) is 1. The van der Waals surface area contributed by atoms with E-state index in [1.54, 1.807) is 24.3 Å². The summed E-state index contributed by atoms with van der Waals surface area (Å²) in [7, 11) is 3.55. The van der Waals surface area contributed by atoms with Gasteiger partial charge in [0.25, 0.3) is 0 Å². The number of carbonyl (C=O) groups is 1. The van der Waals surface area contributed by atoms with Crippen LogP contribution in [0.5, 0.6) is 0 Å². The summed E-state index contributed by atoms with van der Waals surface area (Å²) < 4.78 is 1.85. The van der Waals surface area contributed by atoms with Gasteiger partial charge >= 0.3 is 5.97 Å². The van der Waals surface area contributed by atoms with E-state index in [0.717, 1.165) is 11.0 Å². The van der Waals surface area contributed by atoms with Crippen molar-refractivity contribution in [1.29, 1.82) is 0 Å². The molecule has 0 atom stereocenters. The molecule has 6 heteroatoms. The second kappa shape index (κ2) is 3.80. The van der Waals surface area contributed by atoms with Crippen molar-refractivity contribution in [2.24, 2.45) is 7.05 Å². The molecule has 2 heterocycles. The number of fused-ring (bicyclic) bond motifs is 1. The summed E-state index contributed by atoms with van der Waals surface area (Å²) in [6.07, 6.45) is 3.35. The number of carboxylic acids is 1. The molecule has 0 amide bonds. The highest BCUT2D eigenvalue weighted by atomic mass is 16.4. The van der Waals surface area contributed by atoms with Gasteiger partial charge in [0.15, 0.2) is 0 Å². The van der Waals surface area contributed by atoms with Gasteiger partial charge in [-0.2, -0.15) is 0 Å². The van der Waals surface area contributed by atoms with E-state index in [0.29, 0.717) is 5.95 Å². The lowest BCUT2D eigenvalue weighted by Crippen LogP contribution is -2.27. The topological polar surface area (TPSA) is 71.2 Å². The molecule has 2 aromatic heterocycles. The maximum absolute atomic E-state index is 10.6. The lowest BCUT2D eigenvalue weighted by Gasteiger charge is -2.15. The number of aryl methyl sites for hydroxylation is 1. The molecule has 0 aliphatic rings. The molecule has 84 valence electrons. The van der Waals surface area contributed by atoms with Crippen LogP contribution in [-0.4, -0.2) is 39.2 Å². The second-order valence-electron chi connectivity index (χ2n) is 3.59. The van der Waals surface area contributed by atoms with Crippen molar-refractivity contribution in [3.8, 4) is 0 Å². The van der Waals surface area contributed by atoms with E-state index in [1.807, 2.05) is 17.7 Å². The van der Waals surface area contributed by atoms with Gasteiger partial charge in [-0.15, -0.1) is 0 Å². The normalized spacial score (nSPS) is 10.6. The van der Waals surface area contributed by atoms with E-state index in [9.17, 15) is 4.79 Å². The summed E-state index contributed by atoms with van der Waals surface area (Å²) in [5.41, 5.74) is 1.69. The van der Waals surface area contributed by atoms with Gasteiger partial charge in [0.1, 0.15) is 12.1 Å². The summed E-state index contributed by atoms with van der Waals surface area (Å²) in [4.78, 5) is 20.5. The molecule has 2 aromatic rings. The van der Waals surface area contributed by atoms with Crippen molar-refractivity contribution in [1.82, 2.24) is 14.5 Å². The Morgan fingerprint density at radius 2 is 2.38 bits per heavy atom. The Morgan fingerprint density at radius 3 is 3.00 bits per heavy atom. The van der Waals surface area contributed by atoms with Gasteiger partial charge in [-0.05, 0) is 6.07 Å². The first-order valence-electron chi connectivity index (χ1n) is 4.79. The SMILES string of the molecule is CN(CC(=O)O)c1nc2cnccc2n1C. The number of anilines is 1. The summed E-state index contributed by atoms with van der Waals surface area (Å²) in [6.45, 7) is -0.0788. The van der Waals surface area contributed by atoms with E-state index in [1.165, 1.54) is 0 Å². The van der Waals surface area contributed by atoms with Gasteiger partial charge in [0, 0.05) is 20.3 Å². The highest BCUT2D eigenvalue weighted by molar-refractivity contribution is 5.79. The number of nitrogens with zero attached hydrogens (tertiary/aromatic N) is 4. The van der Waals surface area contributed by atoms with Gasteiger partial charge in [0.05, 0.1) is 11.7 Å². The zero-order chi connectivity index (χ0) is 11.7. The van der Waals surface area contributed by atoms with E-state index in [4.69, 9.17) is 5.11 Å². The molecule has 0 radical (unpaired) electrons. The maximum Gasteiger partial charge on any atom is 0.323 e. The first kappa shape index (κ1) is 10.4. The molecule has 1 N–H and O–H groups in total. The Bertz CT molecular complexity index is 535. The molecule has 0 fully saturated rings. The van der Waals surface area contributed by atoms with E-state index in [-0.39, 0.29) is 6.54 Å². The van der Waals surface area contributed by atoms with Gasteiger partial charge in [-0.3, -0.25) is 9.78 Å². The number of imidazole rings is 1. The van der Waals surface area contributed by atoms with Crippen molar-refractivity contribution in [2.75, 3.05) is 18.5 Å². The highest BCUT2D eigenvalue weighted by Crippen LogP contribution is 2.18. The predicted molar refractivity (Wildman–Crippen MR) is 59.4 cm³/mol. The van der Waals surface area contributed by atoms with Crippen molar-refractivity contribution in [3.63, 3.8) is 0 Å². The summed E-state index contributed by atoms with van der Waals surface area (Å²) in [6, 6.07) is 1.85. The van der Waals surface area contributed by atoms with Gasteiger partial charge < -0.3 is 14.6 Å². The van der Waals surface area contributed by atoms with Crippen molar-refractivity contribution in [3.05, 3.63) is 18.5 Å². The predicted octanol–water partition coefficient (Wildman–Crippen LogP) is 0.489. The zero-order valence-corrected chi connectivity index (χ0v) is 9.08. The van der Waals surface area contributed by atoms with E-state index >= 15 is 0 Å². The molecule has 0 unspecified atom stereocenters. The number of hydrogen-bond donors (Lipinski definition) is 1. The molecule has 2 rings (SSSR count). The van der Waals surface area contributed by atoms with Crippen LogP contribution in [0.25, 0.3) is 11.0 Å². The number of hydrogen-bond acceptors (Lipinski definition) is 4. The average molecular weight is 220 g/mol. The van der Waals surface area contributed by atoms with Crippen LogP contribution >= 0.6 is 0 Å². The highest BCUT2D eigenvalue weighted by Gasteiger charge is 2.13. The molecule has 0 bridgehead atoms. The Balaban J connectivity index is 2.45. The number of aliphatic carboxylic acids is 1. The maximum atomic E-state index is 10.6. The minimum Gasteiger partial charge on any atom is -0.480 e. The smallest absolute Gasteiger partial charge is 0.323 e. The lowest BCUT2D eigenvalue weighted by atomic mass is 10.4.